The van der Waals surface area contributed by atoms with Gasteiger partial charge in [0.2, 0.25) is 0 Å². The van der Waals surface area contributed by atoms with Crippen LogP contribution in [-0.2, 0) is 19.1 Å². The third-order valence-electron chi connectivity index (χ3n) is 18.5. The zero-order valence-corrected chi connectivity index (χ0v) is 36.6. The van der Waals surface area contributed by atoms with Crippen LogP contribution in [0.15, 0.2) is 11.1 Å². The van der Waals surface area contributed by atoms with Crippen LogP contribution in [0.5, 0.6) is 0 Å². The number of fused-ring (bicyclic) bond motifs is 7. The van der Waals surface area contributed by atoms with Crippen molar-refractivity contribution in [2.45, 2.75) is 178 Å². The molecule has 6 rings (SSSR count). The van der Waals surface area contributed by atoms with Gasteiger partial charge in [-0.2, -0.15) is 0 Å². The second-order valence-corrected chi connectivity index (χ2v) is 22.3. The first kappa shape index (κ1) is 41.9. The number of hydrogen-bond acceptors (Lipinski definition) is 6. The van der Waals surface area contributed by atoms with Crippen LogP contribution in [0.1, 0.15) is 166 Å². The first-order chi connectivity index (χ1) is 25.0. The maximum absolute atomic E-state index is 14.3. The minimum Gasteiger partial charge on any atom is -0.481 e. The summed E-state index contributed by atoms with van der Waals surface area (Å²) >= 11 is 0. The van der Waals surface area contributed by atoms with Crippen molar-refractivity contribution in [2.24, 2.45) is 55.7 Å². The molecule has 7 heteroatoms. The average molecular weight is 751 g/mol. The predicted molar refractivity (Wildman–Crippen MR) is 217 cm³/mol. The van der Waals surface area contributed by atoms with E-state index < -0.39 is 11.4 Å². The summed E-state index contributed by atoms with van der Waals surface area (Å²) in [7, 11) is 4.38. The number of Topliss-reactive ketones (excluding diaryl/α,β-unsaturated/α-hetero) is 1. The highest BCUT2D eigenvalue weighted by atomic mass is 16.5. The molecular formula is C47H78N2O5. The van der Waals surface area contributed by atoms with Gasteiger partial charge in [-0.3, -0.25) is 19.3 Å². The predicted octanol–water partition coefficient (Wildman–Crippen LogP) is 9.97. The van der Waals surface area contributed by atoms with Crippen LogP contribution in [0.4, 0.5) is 0 Å². The third-order valence-corrected chi connectivity index (χ3v) is 18.5. The summed E-state index contributed by atoms with van der Waals surface area (Å²) in [6.07, 6.45) is 15.6. The van der Waals surface area contributed by atoms with Gasteiger partial charge in [0.05, 0.1) is 11.8 Å². The van der Waals surface area contributed by atoms with E-state index in [1.807, 2.05) is 0 Å². The first-order valence-electron chi connectivity index (χ1n) is 22.1. The summed E-state index contributed by atoms with van der Waals surface area (Å²) in [4.78, 5) is 44.4. The van der Waals surface area contributed by atoms with Crippen molar-refractivity contribution in [3.63, 3.8) is 0 Å². The normalized spacial score (nSPS) is 39.5. The third kappa shape index (κ3) is 6.38. The van der Waals surface area contributed by atoms with E-state index in [2.05, 4.69) is 79.3 Å². The zero-order chi connectivity index (χ0) is 39.9. The second kappa shape index (κ2) is 14.3. The molecular weight excluding hydrogens is 673 g/mol. The number of nitrogens with zero attached hydrogens (tertiary/aromatic N) is 2. The molecule has 7 nitrogen and oxygen atoms in total. The number of carbonyl (C=O) groups excluding carboxylic acids is 2. The topological polar surface area (TPSA) is 87.2 Å². The number of carboxylic acids is 1. The van der Waals surface area contributed by atoms with Crippen LogP contribution < -0.4 is 0 Å². The number of ketones is 1. The molecule has 5 fully saturated rings. The van der Waals surface area contributed by atoms with Gasteiger partial charge < -0.3 is 14.7 Å². The lowest BCUT2D eigenvalue weighted by molar-refractivity contribution is -0.278. The van der Waals surface area contributed by atoms with Crippen molar-refractivity contribution in [3.8, 4) is 0 Å². The lowest BCUT2D eigenvalue weighted by Gasteiger charge is -2.76. The Bertz CT molecular complexity index is 1510. The maximum Gasteiger partial charge on any atom is 0.309 e. The fourth-order valence-corrected chi connectivity index (χ4v) is 14.7. The number of likely N-dealkylation sites (N-methyl/N-ethyl adjacent to an activating group) is 1. The monoisotopic (exact) mass is 751 g/mol. The van der Waals surface area contributed by atoms with Crippen molar-refractivity contribution < 1.29 is 24.2 Å². The molecule has 54 heavy (non-hydrogen) atoms. The lowest BCUT2D eigenvalue weighted by atomic mass is 9.28. The number of rotatable bonds is 12. The molecule has 0 saturated heterocycles. The van der Waals surface area contributed by atoms with Gasteiger partial charge in [-0.05, 0) is 150 Å². The van der Waals surface area contributed by atoms with E-state index in [-0.39, 0.29) is 56.9 Å². The maximum atomic E-state index is 14.3. The molecule has 0 heterocycles. The van der Waals surface area contributed by atoms with E-state index in [4.69, 9.17) is 4.74 Å². The Morgan fingerprint density at radius 1 is 0.833 bits per heavy atom. The summed E-state index contributed by atoms with van der Waals surface area (Å²) in [5.41, 5.74) is 1.81. The van der Waals surface area contributed by atoms with Crippen molar-refractivity contribution in [1.82, 2.24) is 9.80 Å². The van der Waals surface area contributed by atoms with Gasteiger partial charge >= 0.3 is 11.9 Å². The number of carbonyl (C=O) groups is 3. The van der Waals surface area contributed by atoms with Gasteiger partial charge in [-0.1, -0.05) is 73.8 Å². The van der Waals surface area contributed by atoms with Crippen LogP contribution in [0.3, 0.4) is 0 Å². The smallest absolute Gasteiger partial charge is 0.309 e. The molecule has 0 aliphatic heterocycles. The van der Waals surface area contributed by atoms with Crippen LogP contribution >= 0.6 is 0 Å². The van der Waals surface area contributed by atoms with E-state index >= 15 is 0 Å². The molecule has 0 bridgehead atoms. The minimum atomic E-state index is -1.15. The molecule has 8 unspecified atom stereocenters. The lowest BCUT2D eigenvalue weighted by Crippen LogP contribution is -2.70. The second-order valence-electron chi connectivity index (χ2n) is 22.3. The molecule has 0 aromatic heterocycles. The van der Waals surface area contributed by atoms with Gasteiger partial charge in [0.25, 0.3) is 0 Å². The van der Waals surface area contributed by atoms with Crippen LogP contribution in [0.2, 0.25) is 0 Å². The standard InChI is InChI=1S/C47H78N2O5/c1-31(2)38-34(50)29-47(25-26-49(28-27-48(11)12)32-15-13-14-16-32)24-23-43(7)33(39(38)47)17-21-46(10)44(8)20-19-36(54-37(51)30-41(3,4)40(52)53)42(5,6)35(44)18-22-45(43,46)9/h31-33,35-36H,13-30H2,1-12H3,(H,52,53). The van der Waals surface area contributed by atoms with Gasteiger partial charge in [0.1, 0.15) is 6.10 Å². The van der Waals surface area contributed by atoms with Crippen molar-refractivity contribution >= 4 is 17.7 Å². The highest BCUT2D eigenvalue weighted by molar-refractivity contribution is 6.00. The molecule has 6 aliphatic rings. The molecule has 306 valence electrons. The summed E-state index contributed by atoms with van der Waals surface area (Å²) in [5, 5.41) is 9.67. The van der Waals surface area contributed by atoms with Crippen molar-refractivity contribution in [1.29, 1.82) is 0 Å². The SMILES string of the molecule is CC(C)C1=C2C3CCC4(C)C5(C)CCC(OC(=O)CC(C)(C)C(=O)O)C(C)(C)C5CCC4(C)C3(C)CCC2(CCN(CCN(C)C)C2CCCC2)CC1=O. The van der Waals surface area contributed by atoms with E-state index in [9.17, 15) is 19.5 Å². The molecule has 0 spiro atoms. The Morgan fingerprint density at radius 2 is 1.46 bits per heavy atom. The molecule has 8 atom stereocenters. The number of hydrogen-bond donors (Lipinski definition) is 1. The number of allylic oxidation sites excluding steroid dienone is 2. The molecule has 1 N–H and O–H groups in total. The Morgan fingerprint density at radius 3 is 2.07 bits per heavy atom. The molecule has 0 amide bonds. The fraction of sp³-hybridized carbons (Fsp3) is 0.894. The number of aliphatic carboxylic acids is 1. The van der Waals surface area contributed by atoms with Gasteiger partial charge in [-0.15, -0.1) is 0 Å². The Labute approximate surface area is 329 Å². The number of esters is 1. The van der Waals surface area contributed by atoms with Crippen LogP contribution in [0.25, 0.3) is 0 Å². The summed E-state index contributed by atoms with van der Waals surface area (Å²) in [6, 6.07) is 0.689. The minimum absolute atomic E-state index is 0.000170. The molecule has 5 saturated carbocycles. The fourth-order valence-electron chi connectivity index (χ4n) is 14.7. The molecule has 6 aliphatic carbocycles. The van der Waals surface area contributed by atoms with Crippen molar-refractivity contribution in [2.75, 3.05) is 33.7 Å². The largest absolute Gasteiger partial charge is 0.481 e. The van der Waals surface area contributed by atoms with Gasteiger partial charge in [0, 0.05) is 36.4 Å². The number of carboxylic acid groups (broad SMARTS) is 1. The van der Waals surface area contributed by atoms with E-state index in [0.29, 0.717) is 23.7 Å². The van der Waals surface area contributed by atoms with Crippen LogP contribution in [-0.4, -0.2) is 78.5 Å². The van der Waals surface area contributed by atoms with Crippen molar-refractivity contribution in [3.05, 3.63) is 11.1 Å². The summed E-state index contributed by atoms with van der Waals surface area (Å²) in [5.74, 6) is 0.179. The Hall–Kier alpha value is -1.73. The van der Waals surface area contributed by atoms with E-state index in [0.717, 1.165) is 71.0 Å². The van der Waals surface area contributed by atoms with E-state index in [1.54, 1.807) is 19.4 Å². The molecule has 0 aromatic rings. The van der Waals surface area contributed by atoms with Gasteiger partial charge in [0.15, 0.2) is 5.78 Å². The number of ether oxygens (including phenoxy) is 1. The van der Waals surface area contributed by atoms with E-state index in [1.165, 1.54) is 44.1 Å². The summed E-state index contributed by atoms with van der Waals surface area (Å²) < 4.78 is 6.24. The quantitative estimate of drug-likeness (QED) is 0.199. The molecule has 0 radical (unpaired) electrons. The Kier molecular flexibility index (Phi) is 11.1. The first-order valence-corrected chi connectivity index (χ1v) is 22.1. The highest BCUT2D eigenvalue weighted by Gasteiger charge is 2.74. The van der Waals surface area contributed by atoms with Crippen LogP contribution in [0, 0.1) is 55.7 Å². The summed E-state index contributed by atoms with van der Waals surface area (Å²) in [6.45, 7) is 26.3. The zero-order valence-electron chi connectivity index (χ0n) is 36.6. The van der Waals surface area contributed by atoms with Gasteiger partial charge in [-0.25, -0.2) is 0 Å². The highest BCUT2D eigenvalue weighted by Crippen LogP contribution is 2.81. The average Bonchev–Trinajstić information content (AvgIpc) is 3.70. The Balaban J connectivity index is 1.29. The molecule has 0 aromatic carbocycles.